The van der Waals surface area contributed by atoms with Gasteiger partial charge in [0, 0.05) is 12.7 Å². The van der Waals surface area contributed by atoms with Crippen molar-refractivity contribution in [2.75, 3.05) is 11.9 Å². The largest absolute Gasteiger partial charge is 0.416 e. The predicted molar refractivity (Wildman–Crippen MR) is 86.9 cm³/mol. The Hall–Kier alpha value is -2.50. The van der Waals surface area contributed by atoms with Gasteiger partial charge in [0.25, 0.3) is 0 Å². The number of anilines is 1. The Bertz CT molecular complexity index is 708. The average Bonchev–Trinajstić information content (AvgIpc) is 2.53. The third-order valence-corrected chi connectivity index (χ3v) is 3.47. The van der Waals surface area contributed by atoms with E-state index < -0.39 is 11.7 Å². The van der Waals surface area contributed by atoms with E-state index in [9.17, 15) is 13.2 Å². The van der Waals surface area contributed by atoms with E-state index in [1.165, 1.54) is 12.1 Å². The molecule has 0 amide bonds. The van der Waals surface area contributed by atoms with Crippen molar-refractivity contribution >= 4 is 17.3 Å². The number of alkyl halides is 3. The fraction of sp³-hybridized carbons (Fsp3) is 0.235. The van der Waals surface area contributed by atoms with Crippen LogP contribution in [0.1, 0.15) is 18.1 Å². The lowest BCUT2D eigenvalue weighted by molar-refractivity contribution is -0.137. The van der Waals surface area contributed by atoms with Crippen molar-refractivity contribution in [1.29, 1.82) is 0 Å². The van der Waals surface area contributed by atoms with Crippen molar-refractivity contribution in [3.05, 3.63) is 59.7 Å². The van der Waals surface area contributed by atoms with E-state index in [1.54, 1.807) is 11.9 Å². The Labute approximate surface area is 133 Å². The molecule has 122 valence electrons. The Morgan fingerprint density at radius 2 is 1.83 bits per heavy atom. The molecular weight excluding hydrogens is 303 g/mol. The minimum Gasteiger partial charge on any atom is -0.369 e. The minimum atomic E-state index is -4.40. The molecular formula is C17H18F3N3. The standard InChI is InChI=1S/C17H18F3N3/c1-3-12-6-4-9-15(10-12)23(2)16(21)22-14-8-5-7-13(11-14)17(18,19)20/h4-11H,3H2,1-2H3,(H2,21,22). The number of nitrogens with two attached hydrogens (primary N) is 1. The number of aliphatic imine (C=N–C) groups is 1. The van der Waals surface area contributed by atoms with Crippen LogP contribution < -0.4 is 10.6 Å². The predicted octanol–water partition coefficient (Wildman–Crippen LogP) is 4.35. The van der Waals surface area contributed by atoms with Crippen LogP contribution in [0, 0.1) is 0 Å². The number of nitrogens with zero attached hydrogens (tertiary/aromatic N) is 2. The van der Waals surface area contributed by atoms with Gasteiger partial charge in [0.15, 0.2) is 0 Å². The molecule has 2 aromatic rings. The summed E-state index contributed by atoms with van der Waals surface area (Å²) in [6.45, 7) is 2.04. The summed E-state index contributed by atoms with van der Waals surface area (Å²) < 4.78 is 38.2. The van der Waals surface area contributed by atoms with Crippen LogP contribution >= 0.6 is 0 Å². The maximum Gasteiger partial charge on any atom is 0.416 e. The number of hydrogen-bond donors (Lipinski definition) is 1. The highest BCUT2D eigenvalue weighted by molar-refractivity contribution is 5.95. The topological polar surface area (TPSA) is 41.6 Å². The van der Waals surface area contributed by atoms with Gasteiger partial charge in [0.2, 0.25) is 5.96 Å². The van der Waals surface area contributed by atoms with Crippen LogP contribution in [0.5, 0.6) is 0 Å². The first kappa shape index (κ1) is 16.9. The molecule has 0 aliphatic carbocycles. The molecule has 2 aromatic carbocycles. The van der Waals surface area contributed by atoms with Crippen LogP contribution in [0.15, 0.2) is 53.5 Å². The quantitative estimate of drug-likeness (QED) is 0.674. The molecule has 0 saturated heterocycles. The van der Waals surface area contributed by atoms with Gasteiger partial charge in [-0.3, -0.25) is 0 Å². The highest BCUT2D eigenvalue weighted by Gasteiger charge is 2.30. The summed E-state index contributed by atoms with van der Waals surface area (Å²) in [6, 6.07) is 12.5. The van der Waals surface area contributed by atoms with E-state index in [-0.39, 0.29) is 11.6 Å². The number of benzene rings is 2. The molecule has 2 rings (SSSR count). The molecule has 0 atom stereocenters. The lowest BCUT2D eigenvalue weighted by Crippen LogP contribution is -2.33. The Morgan fingerprint density at radius 1 is 1.13 bits per heavy atom. The van der Waals surface area contributed by atoms with Gasteiger partial charge < -0.3 is 10.6 Å². The maximum absolute atomic E-state index is 12.7. The molecule has 0 radical (unpaired) electrons. The molecule has 0 aromatic heterocycles. The van der Waals surface area contributed by atoms with Gasteiger partial charge in [-0.25, -0.2) is 4.99 Å². The van der Waals surface area contributed by atoms with Crippen LogP contribution in [-0.2, 0) is 12.6 Å². The molecule has 0 spiro atoms. The second-order valence-electron chi connectivity index (χ2n) is 5.10. The van der Waals surface area contributed by atoms with Crippen LogP contribution in [0.3, 0.4) is 0 Å². The van der Waals surface area contributed by atoms with Gasteiger partial charge >= 0.3 is 6.18 Å². The monoisotopic (exact) mass is 321 g/mol. The van der Waals surface area contributed by atoms with E-state index >= 15 is 0 Å². The second kappa shape index (κ2) is 6.73. The van der Waals surface area contributed by atoms with Gasteiger partial charge in [0.1, 0.15) is 0 Å². The lowest BCUT2D eigenvalue weighted by Gasteiger charge is -2.19. The van der Waals surface area contributed by atoms with Crippen molar-refractivity contribution in [2.24, 2.45) is 10.7 Å². The summed E-state index contributed by atoms with van der Waals surface area (Å²) in [4.78, 5) is 5.72. The zero-order valence-electron chi connectivity index (χ0n) is 12.9. The van der Waals surface area contributed by atoms with Gasteiger partial charge in [-0.05, 0) is 42.3 Å². The fourth-order valence-electron chi connectivity index (χ4n) is 2.08. The smallest absolute Gasteiger partial charge is 0.369 e. The Kier molecular flexibility index (Phi) is 4.93. The summed E-state index contributed by atoms with van der Waals surface area (Å²) >= 11 is 0. The van der Waals surface area contributed by atoms with Gasteiger partial charge in [0.05, 0.1) is 11.3 Å². The van der Waals surface area contributed by atoms with Crippen LogP contribution in [0.4, 0.5) is 24.5 Å². The fourth-order valence-corrected chi connectivity index (χ4v) is 2.08. The molecule has 0 fully saturated rings. The summed E-state index contributed by atoms with van der Waals surface area (Å²) in [5, 5.41) is 0. The van der Waals surface area contributed by atoms with Crippen molar-refractivity contribution < 1.29 is 13.2 Å². The van der Waals surface area contributed by atoms with Crippen molar-refractivity contribution in [3.63, 3.8) is 0 Å². The molecule has 0 saturated carbocycles. The molecule has 23 heavy (non-hydrogen) atoms. The average molecular weight is 321 g/mol. The third kappa shape index (κ3) is 4.25. The zero-order valence-corrected chi connectivity index (χ0v) is 12.9. The van der Waals surface area contributed by atoms with Crippen LogP contribution in [0.25, 0.3) is 0 Å². The van der Waals surface area contributed by atoms with Crippen molar-refractivity contribution in [1.82, 2.24) is 0 Å². The maximum atomic E-state index is 12.7. The summed E-state index contributed by atoms with van der Waals surface area (Å²) in [5.74, 6) is 0.123. The highest BCUT2D eigenvalue weighted by Crippen LogP contribution is 2.31. The van der Waals surface area contributed by atoms with E-state index in [0.29, 0.717) is 0 Å². The Balaban J connectivity index is 2.28. The lowest BCUT2D eigenvalue weighted by atomic mass is 10.1. The van der Waals surface area contributed by atoms with Gasteiger partial charge in [-0.1, -0.05) is 25.1 Å². The van der Waals surface area contributed by atoms with Crippen LogP contribution in [-0.4, -0.2) is 13.0 Å². The number of hydrogen-bond acceptors (Lipinski definition) is 1. The normalized spacial score (nSPS) is 12.3. The van der Waals surface area contributed by atoms with E-state index in [2.05, 4.69) is 4.99 Å². The van der Waals surface area contributed by atoms with Crippen molar-refractivity contribution in [3.8, 4) is 0 Å². The van der Waals surface area contributed by atoms with E-state index in [1.807, 2.05) is 31.2 Å². The second-order valence-corrected chi connectivity index (χ2v) is 5.10. The van der Waals surface area contributed by atoms with Crippen LogP contribution in [0.2, 0.25) is 0 Å². The number of aryl methyl sites for hydroxylation is 1. The van der Waals surface area contributed by atoms with E-state index in [0.717, 1.165) is 29.8 Å². The molecule has 6 heteroatoms. The summed E-state index contributed by atoms with van der Waals surface area (Å²) in [7, 11) is 1.72. The number of guanidine groups is 1. The van der Waals surface area contributed by atoms with Crippen molar-refractivity contribution in [2.45, 2.75) is 19.5 Å². The molecule has 0 bridgehead atoms. The van der Waals surface area contributed by atoms with Gasteiger partial charge in [-0.2, -0.15) is 13.2 Å². The molecule has 2 N–H and O–H groups in total. The molecule has 0 aliphatic rings. The molecule has 3 nitrogen and oxygen atoms in total. The van der Waals surface area contributed by atoms with E-state index in [4.69, 9.17) is 5.73 Å². The first-order chi connectivity index (χ1) is 10.8. The Morgan fingerprint density at radius 3 is 2.48 bits per heavy atom. The SMILES string of the molecule is CCc1cccc(N(C)C(N)=Nc2cccc(C(F)(F)F)c2)c1. The number of halogens is 3. The molecule has 0 unspecified atom stereocenters. The first-order valence-electron chi connectivity index (χ1n) is 7.15. The summed E-state index contributed by atoms with van der Waals surface area (Å²) in [6.07, 6.45) is -3.52. The molecule has 0 aliphatic heterocycles. The van der Waals surface area contributed by atoms with Gasteiger partial charge in [-0.15, -0.1) is 0 Å². The molecule has 0 heterocycles. The zero-order chi connectivity index (χ0) is 17.0. The first-order valence-corrected chi connectivity index (χ1v) is 7.15. The highest BCUT2D eigenvalue weighted by atomic mass is 19.4. The minimum absolute atomic E-state index is 0.123. The summed E-state index contributed by atoms with van der Waals surface area (Å²) in [5.41, 5.74) is 7.31. The number of rotatable bonds is 3. The third-order valence-electron chi connectivity index (χ3n) is 3.47.